The summed E-state index contributed by atoms with van der Waals surface area (Å²) in [5.41, 5.74) is 8.67. The van der Waals surface area contributed by atoms with Gasteiger partial charge in [-0.2, -0.15) is 4.98 Å². The number of aromatic nitrogens is 4. The molecule has 4 aromatic heterocycles. The van der Waals surface area contributed by atoms with E-state index in [1.54, 1.807) is 6.20 Å². The summed E-state index contributed by atoms with van der Waals surface area (Å²) in [6, 6.07) is 28.6. The van der Waals surface area contributed by atoms with Crippen LogP contribution in [0.4, 0.5) is 0 Å². The Morgan fingerprint density at radius 3 is 2.38 bits per heavy atom. The monoisotopic (exact) mass is 412 g/mol. The zero-order valence-electron chi connectivity index (χ0n) is 16.9. The highest BCUT2D eigenvalue weighted by Crippen LogP contribution is 2.36. The standard InChI is InChI=1S/C27H16N4O/c1-2-8-21-20(7-1)25-26(31-22-9-3-4-10-23(22)32-27(31)30-25)24(29-21)18-13-11-17(12-14-18)19-6-5-15-28-16-19/h1-16H. The molecule has 0 N–H and O–H groups in total. The lowest BCUT2D eigenvalue weighted by Gasteiger charge is -2.08. The van der Waals surface area contributed by atoms with Gasteiger partial charge in [0.15, 0.2) is 5.58 Å². The van der Waals surface area contributed by atoms with Crippen molar-refractivity contribution in [1.29, 1.82) is 0 Å². The number of para-hydroxylation sites is 3. The third-order valence-electron chi connectivity index (χ3n) is 5.92. The van der Waals surface area contributed by atoms with Crippen molar-refractivity contribution in [3.05, 3.63) is 97.3 Å². The predicted octanol–water partition coefficient (Wildman–Crippen LogP) is 6.51. The van der Waals surface area contributed by atoms with Gasteiger partial charge in [-0.3, -0.25) is 9.38 Å². The van der Waals surface area contributed by atoms with Crippen LogP contribution in [-0.2, 0) is 0 Å². The van der Waals surface area contributed by atoms with Crippen LogP contribution in [0.2, 0.25) is 0 Å². The van der Waals surface area contributed by atoms with Gasteiger partial charge in [-0.15, -0.1) is 0 Å². The smallest absolute Gasteiger partial charge is 0.307 e. The van der Waals surface area contributed by atoms with Gasteiger partial charge in [0.05, 0.1) is 16.7 Å². The summed E-state index contributed by atoms with van der Waals surface area (Å²) >= 11 is 0. The molecule has 5 heteroatoms. The van der Waals surface area contributed by atoms with E-state index in [2.05, 4.69) is 51.8 Å². The first kappa shape index (κ1) is 17.2. The van der Waals surface area contributed by atoms with Gasteiger partial charge in [0.25, 0.3) is 0 Å². The van der Waals surface area contributed by atoms with Crippen LogP contribution in [0.5, 0.6) is 0 Å². The molecular weight excluding hydrogens is 396 g/mol. The van der Waals surface area contributed by atoms with Gasteiger partial charge in [0.2, 0.25) is 0 Å². The van der Waals surface area contributed by atoms with Crippen LogP contribution >= 0.6 is 0 Å². The Bertz CT molecular complexity index is 1760. The zero-order chi connectivity index (χ0) is 21.1. The van der Waals surface area contributed by atoms with Gasteiger partial charge >= 0.3 is 5.84 Å². The number of nitrogens with zero attached hydrogens (tertiary/aromatic N) is 4. The van der Waals surface area contributed by atoms with Crippen molar-refractivity contribution < 1.29 is 4.42 Å². The Kier molecular flexibility index (Phi) is 3.49. The number of rotatable bonds is 2. The summed E-state index contributed by atoms with van der Waals surface area (Å²) in [4.78, 5) is 14.2. The Morgan fingerprint density at radius 2 is 1.50 bits per heavy atom. The summed E-state index contributed by atoms with van der Waals surface area (Å²) in [7, 11) is 0. The van der Waals surface area contributed by atoms with Gasteiger partial charge in [-0.25, -0.2) is 4.98 Å². The van der Waals surface area contributed by atoms with Gasteiger partial charge in [-0.1, -0.05) is 60.7 Å². The van der Waals surface area contributed by atoms with E-state index in [0.29, 0.717) is 5.84 Å². The summed E-state index contributed by atoms with van der Waals surface area (Å²) in [6.07, 6.45) is 3.66. The minimum Gasteiger partial charge on any atom is -0.423 e. The molecule has 0 fully saturated rings. The Hall–Kier alpha value is -4.51. The van der Waals surface area contributed by atoms with Crippen molar-refractivity contribution in [2.24, 2.45) is 0 Å². The molecule has 32 heavy (non-hydrogen) atoms. The minimum absolute atomic E-state index is 0.576. The molecule has 7 rings (SSSR count). The van der Waals surface area contributed by atoms with Crippen molar-refractivity contribution >= 4 is 38.9 Å². The van der Waals surface area contributed by atoms with Crippen molar-refractivity contribution in [2.45, 2.75) is 0 Å². The van der Waals surface area contributed by atoms with Crippen LogP contribution < -0.4 is 0 Å². The molecule has 0 unspecified atom stereocenters. The molecule has 150 valence electrons. The fourth-order valence-corrected chi connectivity index (χ4v) is 4.42. The highest BCUT2D eigenvalue weighted by molar-refractivity contribution is 6.10. The lowest BCUT2D eigenvalue weighted by atomic mass is 10.0. The van der Waals surface area contributed by atoms with Crippen LogP contribution in [0.15, 0.2) is 102 Å². The van der Waals surface area contributed by atoms with E-state index >= 15 is 0 Å². The second kappa shape index (κ2) is 6.49. The number of hydrogen-bond donors (Lipinski definition) is 0. The molecule has 0 spiro atoms. The first-order chi connectivity index (χ1) is 15.9. The molecule has 0 amide bonds. The van der Waals surface area contributed by atoms with Crippen molar-refractivity contribution in [3.63, 3.8) is 0 Å². The summed E-state index contributed by atoms with van der Waals surface area (Å²) in [6.45, 7) is 0. The van der Waals surface area contributed by atoms with E-state index in [1.165, 1.54) is 0 Å². The fraction of sp³-hybridized carbons (Fsp3) is 0. The van der Waals surface area contributed by atoms with Gasteiger partial charge in [-0.05, 0) is 35.4 Å². The topological polar surface area (TPSA) is 56.2 Å². The van der Waals surface area contributed by atoms with Crippen LogP contribution in [0, 0.1) is 0 Å². The molecule has 7 aromatic rings. The highest BCUT2D eigenvalue weighted by Gasteiger charge is 2.20. The molecule has 0 bridgehead atoms. The maximum absolute atomic E-state index is 6.07. The number of hydrogen-bond acceptors (Lipinski definition) is 4. The van der Waals surface area contributed by atoms with Crippen molar-refractivity contribution in [3.8, 4) is 22.4 Å². The second-order valence-electron chi connectivity index (χ2n) is 7.79. The summed E-state index contributed by atoms with van der Waals surface area (Å²) in [5.74, 6) is 0.576. The van der Waals surface area contributed by atoms with Crippen LogP contribution in [-0.4, -0.2) is 19.4 Å². The highest BCUT2D eigenvalue weighted by atomic mass is 16.4. The number of pyridine rings is 2. The third-order valence-corrected chi connectivity index (χ3v) is 5.92. The number of benzene rings is 3. The molecule has 0 saturated carbocycles. The maximum atomic E-state index is 6.07. The van der Waals surface area contributed by atoms with E-state index in [0.717, 1.165) is 55.4 Å². The third kappa shape index (κ3) is 2.42. The quantitative estimate of drug-likeness (QED) is 0.325. The Labute approximate surface area is 182 Å². The van der Waals surface area contributed by atoms with Crippen molar-refractivity contribution in [2.75, 3.05) is 0 Å². The summed E-state index contributed by atoms with van der Waals surface area (Å²) < 4.78 is 8.15. The molecule has 0 aliphatic rings. The minimum atomic E-state index is 0.576. The number of imidazole rings is 1. The number of oxazole rings is 1. The first-order valence-electron chi connectivity index (χ1n) is 10.5. The van der Waals surface area contributed by atoms with E-state index in [1.807, 2.05) is 48.7 Å². The van der Waals surface area contributed by atoms with Gasteiger partial charge < -0.3 is 4.42 Å². The molecule has 4 heterocycles. The fourth-order valence-electron chi connectivity index (χ4n) is 4.42. The average molecular weight is 412 g/mol. The maximum Gasteiger partial charge on any atom is 0.307 e. The lowest BCUT2D eigenvalue weighted by Crippen LogP contribution is -1.92. The van der Waals surface area contributed by atoms with E-state index in [9.17, 15) is 0 Å². The molecule has 5 nitrogen and oxygen atoms in total. The lowest BCUT2D eigenvalue weighted by molar-refractivity contribution is 0.643. The zero-order valence-corrected chi connectivity index (χ0v) is 16.9. The normalized spacial score (nSPS) is 11.8. The van der Waals surface area contributed by atoms with Crippen molar-refractivity contribution in [1.82, 2.24) is 19.4 Å². The van der Waals surface area contributed by atoms with Gasteiger partial charge in [0, 0.05) is 23.3 Å². The molecular formula is C27H16N4O. The molecule has 0 saturated heterocycles. The van der Waals surface area contributed by atoms with Crippen LogP contribution in [0.1, 0.15) is 0 Å². The molecule has 0 aliphatic heterocycles. The Morgan fingerprint density at radius 1 is 0.688 bits per heavy atom. The first-order valence-corrected chi connectivity index (χ1v) is 10.5. The van der Waals surface area contributed by atoms with E-state index < -0.39 is 0 Å². The van der Waals surface area contributed by atoms with E-state index in [4.69, 9.17) is 14.4 Å². The van der Waals surface area contributed by atoms with Crippen LogP contribution in [0.3, 0.4) is 0 Å². The molecule has 0 radical (unpaired) electrons. The largest absolute Gasteiger partial charge is 0.423 e. The SMILES string of the molecule is c1cncc(-c2ccc(-c3nc4ccccc4c4nc5oc6ccccc6n5c34)cc2)c1. The Balaban J connectivity index is 1.56. The van der Waals surface area contributed by atoms with E-state index in [-0.39, 0.29) is 0 Å². The predicted molar refractivity (Wildman–Crippen MR) is 126 cm³/mol. The second-order valence-corrected chi connectivity index (χ2v) is 7.79. The van der Waals surface area contributed by atoms with Crippen LogP contribution in [0.25, 0.3) is 61.3 Å². The molecule has 0 aliphatic carbocycles. The summed E-state index contributed by atoms with van der Waals surface area (Å²) in [5, 5.41) is 1.02. The van der Waals surface area contributed by atoms with Gasteiger partial charge in [0.1, 0.15) is 11.0 Å². The average Bonchev–Trinajstić information content (AvgIpc) is 3.41. The number of fused-ring (bicyclic) bond motifs is 7. The molecule has 3 aromatic carbocycles. The molecule has 0 atom stereocenters.